The maximum absolute atomic E-state index is 13.8. The van der Waals surface area contributed by atoms with Crippen molar-refractivity contribution in [2.45, 2.75) is 52.0 Å². The predicted molar refractivity (Wildman–Crippen MR) is 83.6 cm³/mol. The molecule has 2 rings (SSSR count). The van der Waals surface area contributed by atoms with Crippen LogP contribution in [0.4, 0.5) is 10.1 Å². The minimum atomic E-state index is -0.160. The summed E-state index contributed by atoms with van der Waals surface area (Å²) in [6.45, 7) is 4.78. The molecular weight excluding hydrogens is 251 g/mol. The Morgan fingerprint density at radius 2 is 1.95 bits per heavy atom. The maximum atomic E-state index is 13.8. The molecule has 0 radical (unpaired) electrons. The van der Waals surface area contributed by atoms with E-state index in [1.165, 1.54) is 32.1 Å². The summed E-state index contributed by atoms with van der Waals surface area (Å²) >= 11 is 0. The van der Waals surface area contributed by atoms with Gasteiger partial charge in [0, 0.05) is 25.3 Å². The first-order valence-corrected chi connectivity index (χ1v) is 7.75. The Morgan fingerprint density at radius 3 is 2.55 bits per heavy atom. The lowest BCUT2D eigenvalue weighted by Gasteiger charge is -2.30. The summed E-state index contributed by atoms with van der Waals surface area (Å²) in [4.78, 5) is 2.26. The molecule has 1 fully saturated rings. The molecule has 2 N–H and O–H groups in total. The summed E-state index contributed by atoms with van der Waals surface area (Å²) in [6, 6.07) is 3.40. The van der Waals surface area contributed by atoms with Gasteiger partial charge in [-0.3, -0.25) is 0 Å². The fourth-order valence-electron chi connectivity index (χ4n) is 3.23. The van der Waals surface area contributed by atoms with Crippen molar-refractivity contribution in [3.63, 3.8) is 0 Å². The quantitative estimate of drug-likeness (QED) is 0.895. The summed E-state index contributed by atoms with van der Waals surface area (Å²) < 4.78 is 13.8. The minimum absolute atomic E-state index is 0.145. The van der Waals surface area contributed by atoms with Crippen LogP contribution in [0.3, 0.4) is 0 Å². The second-order valence-electron chi connectivity index (χ2n) is 6.33. The maximum Gasteiger partial charge on any atom is 0.126 e. The Kier molecular flexibility index (Phi) is 5.03. The first-order chi connectivity index (χ1) is 9.49. The molecule has 0 spiro atoms. The number of nitrogens with zero attached hydrogens (tertiary/aromatic N) is 1. The SMILES string of the molecule is Cc1cc(N(C)CC2CCCCC2)c([C@@H](C)N)cc1F. The Balaban J connectivity index is 2.19. The van der Waals surface area contributed by atoms with E-state index >= 15 is 0 Å². The molecule has 1 aromatic rings. The van der Waals surface area contributed by atoms with Gasteiger partial charge >= 0.3 is 0 Å². The van der Waals surface area contributed by atoms with Gasteiger partial charge in [0.15, 0.2) is 0 Å². The van der Waals surface area contributed by atoms with Gasteiger partial charge in [0.25, 0.3) is 0 Å². The van der Waals surface area contributed by atoms with Crippen molar-refractivity contribution in [3.8, 4) is 0 Å². The number of nitrogens with two attached hydrogens (primary N) is 1. The highest BCUT2D eigenvalue weighted by atomic mass is 19.1. The van der Waals surface area contributed by atoms with Crippen LogP contribution in [0.1, 0.15) is 56.2 Å². The molecule has 1 aromatic carbocycles. The summed E-state index contributed by atoms with van der Waals surface area (Å²) in [6.07, 6.45) is 6.71. The molecular formula is C17H27FN2. The molecule has 0 aliphatic heterocycles. The van der Waals surface area contributed by atoms with E-state index in [0.717, 1.165) is 23.7 Å². The summed E-state index contributed by atoms with van der Waals surface area (Å²) in [5.41, 5.74) is 8.70. The van der Waals surface area contributed by atoms with E-state index in [2.05, 4.69) is 11.9 Å². The highest BCUT2D eigenvalue weighted by molar-refractivity contribution is 5.56. The van der Waals surface area contributed by atoms with Crippen LogP contribution in [0.25, 0.3) is 0 Å². The standard InChI is InChI=1S/C17H27FN2/c1-12-9-17(15(13(2)19)10-16(12)18)20(3)11-14-7-5-4-6-8-14/h9-10,13-14H,4-8,11,19H2,1-3H3/t13-/m1/s1. The number of anilines is 1. The molecule has 1 aliphatic rings. The third-order valence-electron chi connectivity index (χ3n) is 4.47. The Bertz CT molecular complexity index is 451. The molecule has 2 nitrogen and oxygen atoms in total. The molecule has 1 saturated carbocycles. The molecule has 20 heavy (non-hydrogen) atoms. The van der Waals surface area contributed by atoms with Gasteiger partial charge in [0.2, 0.25) is 0 Å². The van der Waals surface area contributed by atoms with E-state index < -0.39 is 0 Å². The van der Waals surface area contributed by atoms with Gasteiger partial charge in [-0.25, -0.2) is 4.39 Å². The Labute approximate surface area is 122 Å². The van der Waals surface area contributed by atoms with Gasteiger partial charge in [-0.15, -0.1) is 0 Å². The lowest BCUT2D eigenvalue weighted by molar-refractivity contribution is 0.362. The van der Waals surface area contributed by atoms with Crippen molar-refractivity contribution >= 4 is 5.69 Å². The van der Waals surface area contributed by atoms with Crippen molar-refractivity contribution in [2.75, 3.05) is 18.5 Å². The first-order valence-electron chi connectivity index (χ1n) is 7.75. The van der Waals surface area contributed by atoms with Crippen molar-refractivity contribution in [1.29, 1.82) is 0 Å². The van der Waals surface area contributed by atoms with Crippen LogP contribution in [0, 0.1) is 18.7 Å². The second kappa shape index (κ2) is 6.57. The monoisotopic (exact) mass is 278 g/mol. The van der Waals surface area contributed by atoms with Crippen LogP contribution < -0.4 is 10.6 Å². The average Bonchev–Trinajstić information content (AvgIpc) is 2.42. The molecule has 0 saturated heterocycles. The van der Waals surface area contributed by atoms with E-state index in [1.807, 2.05) is 19.9 Å². The fraction of sp³-hybridized carbons (Fsp3) is 0.647. The van der Waals surface area contributed by atoms with Crippen LogP contribution in [0.5, 0.6) is 0 Å². The molecule has 0 unspecified atom stereocenters. The summed E-state index contributed by atoms with van der Waals surface area (Å²) in [5.74, 6) is 0.604. The van der Waals surface area contributed by atoms with Gasteiger partial charge in [-0.1, -0.05) is 19.3 Å². The van der Waals surface area contributed by atoms with Crippen LogP contribution in [0.15, 0.2) is 12.1 Å². The topological polar surface area (TPSA) is 29.3 Å². The average molecular weight is 278 g/mol. The molecule has 0 bridgehead atoms. The van der Waals surface area contributed by atoms with Crippen LogP contribution in [0.2, 0.25) is 0 Å². The number of benzene rings is 1. The van der Waals surface area contributed by atoms with Crippen molar-refractivity contribution in [2.24, 2.45) is 11.7 Å². The van der Waals surface area contributed by atoms with Gasteiger partial charge in [0.05, 0.1) is 0 Å². The number of hydrogen-bond donors (Lipinski definition) is 1. The van der Waals surface area contributed by atoms with Gasteiger partial charge in [0.1, 0.15) is 5.82 Å². The molecule has 3 heteroatoms. The predicted octanol–water partition coefficient (Wildman–Crippen LogP) is 4.17. The van der Waals surface area contributed by atoms with Crippen LogP contribution in [-0.2, 0) is 0 Å². The van der Waals surface area contributed by atoms with E-state index in [1.54, 1.807) is 6.07 Å². The number of hydrogen-bond acceptors (Lipinski definition) is 2. The third kappa shape index (κ3) is 3.51. The van der Waals surface area contributed by atoms with E-state index in [-0.39, 0.29) is 11.9 Å². The zero-order chi connectivity index (χ0) is 14.7. The molecule has 1 aliphatic carbocycles. The summed E-state index contributed by atoms with van der Waals surface area (Å²) in [7, 11) is 2.10. The molecule has 112 valence electrons. The Hall–Kier alpha value is -1.09. The van der Waals surface area contributed by atoms with E-state index in [4.69, 9.17) is 5.73 Å². The number of rotatable bonds is 4. The van der Waals surface area contributed by atoms with E-state index in [0.29, 0.717) is 5.56 Å². The van der Waals surface area contributed by atoms with Crippen molar-refractivity contribution in [1.82, 2.24) is 0 Å². The zero-order valence-electron chi connectivity index (χ0n) is 13.0. The van der Waals surface area contributed by atoms with E-state index in [9.17, 15) is 4.39 Å². The smallest absolute Gasteiger partial charge is 0.126 e. The lowest BCUT2D eigenvalue weighted by Crippen LogP contribution is -2.28. The van der Waals surface area contributed by atoms with Crippen molar-refractivity contribution < 1.29 is 4.39 Å². The Morgan fingerprint density at radius 1 is 1.30 bits per heavy atom. The normalized spacial score (nSPS) is 18.1. The zero-order valence-corrected chi connectivity index (χ0v) is 13.0. The number of aryl methyl sites for hydroxylation is 1. The van der Waals surface area contributed by atoms with Crippen LogP contribution in [-0.4, -0.2) is 13.6 Å². The minimum Gasteiger partial charge on any atom is -0.374 e. The second-order valence-corrected chi connectivity index (χ2v) is 6.33. The van der Waals surface area contributed by atoms with Crippen LogP contribution >= 0.6 is 0 Å². The number of halogens is 1. The van der Waals surface area contributed by atoms with Crippen molar-refractivity contribution in [3.05, 3.63) is 29.1 Å². The molecule has 0 amide bonds. The highest BCUT2D eigenvalue weighted by Crippen LogP contribution is 2.30. The largest absolute Gasteiger partial charge is 0.374 e. The lowest BCUT2D eigenvalue weighted by atomic mass is 9.88. The highest BCUT2D eigenvalue weighted by Gasteiger charge is 2.19. The first kappa shape index (κ1) is 15.3. The fourth-order valence-corrected chi connectivity index (χ4v) is 3.23. The van der Waals surface area contributed by atoms with Gasteiger partial charge in [-0.2, -0.15) is 0 Å². The molecule has 0 heterocycles. The third-order valence-corrected chi connectivity index (χ3v) is 4.47. The summed E-state index contributed by atoms with van der Waals surface area (Å²) in [5, 5.41) is 0. The molecule has 0 aromatic heterocycles. The van der Waals surface area contributed by atoms with Gasteiger partial charge in [-0.05, 0) is 55.9 Å². The van der Waals surface area contributed by atoms with Gasteiger partial charge < -0.3 is 10.6 Å². The molecule has 1 atom stereocenters.